The van der Waals surface area contributed by atoms with Gasteiger partial charge in [-0.25, -0.2) is 9.59 Å². The molecule has 0 aromatic carbocycles. The smallest absolute Gasteiger partial charge is 0.330 e. The molecule has 8 heteroatoms. The minimum atomic E-state index is -1.86. The van der Waals surface area contributed by atoms with Crippen molar-refractivity contribution < 1.29 is 27.9 Å². The first-order valence-electron chi connectivity index (χ1n) is 13.5. The fourth-order valence-corrected chi connectivity index (χ4v) is 5.30. The minimum Gasteiger partial charge on any atom is -0.459 e. The lowest BCUT2D eigenvalue weighted by Crippen LogP contribution is -2.41. The summed E-state index contributed by atoms with van der Waals surface area (Å²) in [6.45, 7) is 23.2. The van der Waals surface area contributed by atoms with Gasteiger partial charge in [0.15, 0.2) is 16.6 Å². The Morgan fingerprint density at radius 2 is 1.06 bits per heavy atom. The lowest BCUT2D eigenvalue weighted by molar-refractivity contribution is -0.145. The molecule has 6 nitrogen and oxygen atoms in total. The van der Waals surface area contributed by atoms with E-state index in [1.54, 1.807) is 0 Å². The summed E-state index contributed by atoms with van der Waals surface area (Å²) in [6, 6.07) is 0. The summed E-state index contributed by atoms with van der Waals surface area (Å²) in [5.41, 5.74) is 0. The van der Waals surface area contributed by atoms with Crippen molar-refractivity contribution in [1.82, 2.24) is 0 Å². The first-order chi connectivity index (χ1) is 16.4. The molecule has 1 rings (SSSR count). The molecule has 0 bridgehead atoms. The summed E-state index contributed by atoms with van der Waals surface area (Å²) >= 11 is 0. The van der Waals surface area contributed by atoms with Gasteiger partial charge in [-0.2, -0.15) is 0 Å². The van der Waals surface area contributed by atoms with Gasteiger partial charge in [-0.15, -0.1) is 0 Å². The molecular formula is C28H52O6Si2. The Morgan fingerprint density at radius 1 is 0.722 bits per heavy atom. The van der Waals surface area contributed by atoms with Gasteiger partial charge in [0.05, 0.1) is 0 Å². The third kappa shape index (κ3) is 11.9. The molecule has 0 radical (unpaired) electrons. The second-order valence-corrected chi connectivity index (χ2v) is 22.5. The van der Waals surface area contributed by atoms with Crippen LogP contribution in [0, 0.1) is 0 Å². The van der Waals surface area contributed by atoms with Crippen molar-refractivity contribution in [3.05, 3.63) is 24.3 Å². The fraction of sp³-hybridized carbons (Fsp3) is 0.786. The van der Waals surface area contributed by atoms with Crippen LogP contribution in [0.5, 0.6) is 0 Å². The van der Waals surface area contributed by atoms with Gasteiger partial charge in [0.1, 0.15) is 12.2 Å². The van der Waals surface area contributed by atoms with E-state index >= 15 is 0 Å². The maximum atomic E-state index is 12.4. The van der Waals surface area contributed by atoms with Crippen molar-refractivity contribution in [2.24, 2.45) is 0 Å². The van der Waals surface area contributed by atoms with Crippen LogP contribution in [0.3, 0.4) is 0 Å². The van der Waals surface area contributed by atoms with Crippen LogP contribution in [0.15, 0.2) is 24.3 Å². The number of ether oxygens (including phenoxy) is 2. The number of carbonyl (C=O) groups excluding carboxylic acids is 2. The first-order valence-corrected chi connectivity index (χ1v) is 19.3. The maximum Gasteiger partial charge on any atom is 0.330 e. The highest BCUT2D eigenvalue weighted by Crippen LogP contribution is 2.37. The summed E-state index contributed by atoms with van der Waals surface area (Å²) in [5, 5.41) is 0.265. The van der Waals surface area contributed by atoms with E-state index in [4.69, 9.17) is 18.3 Å². The average Bonchev–Trinajstić information content (AvgIpc) is 2.71. The van der Waals surface area contributed by atoms with Crippen LogP contribution in [0.4, 0.5) is 0 Å². The van der Waals surface area contributed by atoms with Crippen molar-refractivity contribution in [3.63, 3.8) is 0 Å². The molecule has 1 aliphatic rings. The molecule has 2 atom stereocenters. The quantitative estimate of drug-likeness (QED) is 0.237. The molecule has 36 heavy (non-hydrogen) atoms. The van der Waals surface area contributed by atoms with Gasteiger partial charge in [0.2, 0.25) is 0 Å². The number of hydrogen-bond donors (Lipinski definition) is 0. The molecule has 0 aromatic rings. The van der Waals surface area contributed by atoms with Crippen molar-refractivity contribution in [2.75, 3.05) is 13.2 Å². The summed E-state index contributed by atoms with van der Waals surface area (Å²) in [5.74, 6) is -0.661. The van der Waals surface area contributed by atoms with E-state index in [9.17, 15) is 9.59 Å². The van der Waals surface area contributed by atoms with Crippen LogP contribution in [0.2, 0.25) is 36.3 Å². The van der Waals surface area contributed by atoms with E-state index in [2.05, 4.69) is 67.7 Å². The molecule has 0 fully saturated rings. The average molecular weight is 541 g/mol. The Labute approximate surface area is 222 Å². The number of allylic oxidation sites excluding steroid dienone is 2. The monoisotopic (exact) mass is 540 g/mol. The van der Waals surface area contributed by atoms with Gasteiger partial charge < -0.3 is 18.3 Å². The van der Waals surface area contributed by atoms with E-state index in [0.717, 1.165) is 0 Å². The van der Waals surface area contributed by atoms with Crippen molar-refractivity contribution in [3.8, 4) is 0 Å². The summed E-state index contributed by atoms with van der Waals surface area (Å²) in [6.07, 6.45) is 9.88. The Bertz CT molecular complexity index is 695. The highest BCUT2D eigenvalue weighted by Gasteiger charge is 2.38. The Kier molecular flexibility index (Phi) is 12.8. The molecule has 0 N–H and O–H groups in total. The van der Waals surface area contributed by atoms with E-state index in [-0.39, 0.29) is 34.2 Å². The van der Waals surface area contributed by atoms with E-state index < -0.39 is 16.6 Å². The van der Waals surface area contributed by atoms with Crippen molar-refractivity contribution >= 4 is 28.6 Å². The highest BCUT2D eigenvalue weighted by atomic mass is 28.4. The zero-order valence-corrected chi connectivity index (χ0v) is 26.6. The molecule has 0 spiro atoms. The largest absolute Gasteiger partial charge is 0.459 e. The van der Waals surface area contributed by atoms with E-state index in [1.807, 2.05) is 12.2 Å². The normalized spacial score (nSPS) is 23.4. The van der Waals surface area contributed by atoms with Crippen LogP contribution in [-0.2, 0) is 27.9 Å². The van der Waals surface area contributed by atoms with Crippen LogP contribution in [-0.4, -0.2) is 54.0 Å². The van der Waals surface area contributed by atoms with Crippen molar-refractivity contribution in [1.29, 1.82) is 0 Å². The lowest BCUT2D eigenvalue weighted by atomic mass is 10.1. The van der Waals surface area contributed by atoms with Gasteiger partial charge in [0, 0.05) is 38.2 Å². The van der Waals surface area contributed by atoms with Crippen LogP contribution in [0.1, 0.15) is 80.1 Å². The minimum absolute atomic E-state index is 0.132. The van der Waals surface area contributed by atoms with E-state index in [1.165, 1.54) is 12.2 Å². The Hall–Kier alpha value is -1.23. The maximum absolute atomic E-state index is 12.4. The molecular weight excluding hydrogens is 488 g/mol. The molecule has 0 saturated heterocycles. The van der Waals surface area contributed by atoms with Crippen LogP contribution >= 0.6 is 0 Å². The third-order valence-electron chi connectivity index (χ3n) is 7.80. The molecule has 1 aliphatic heterocycles. The standard InChI is InChI=1S/C28H52O6Si2/c1-27(2,3)35(7,8)31-21-19-23-15-11-13-18-26(30)34-24(16-12-14-17-25(29)33-23)20-22-32-36(9,10)28(4,5)6/h13-14,17-18,23-24H,11-12,15-16,19-22H2,1-10H3/b17-14+,18-13+/t23-,24-/m0/s1. The highest BCUT2D eigenvalue weighted by molar-refractivity contribution is 6.74. The molecule has 0 aromatic heterocycles. The summed E-state index contributed by atoms with van der Waals surface area (Å²) in [7, 11) is -3.71. The predicted molar refractivity (Wildman–Crippen MR) is 152 cm³/mol. The van der Waals surface area contributed by atoms with Crippen LogP contribution < -0.4 is 0 Å². The zero-order valence-electron chi connectivity index (χ0n) is 24.6. The molecule has 0 amide bonds. The lowest BCUT2D eigenvalue weighted by Gasteiger charge is -2.36. The Morgan fingerprint density at radius 3 is 1.36 bits per heavy atom. The number of rotatable bonds is 8. The van der Waals surface area contributed by atoms with Crippen LogP contribution in [0.25, 0.3) is 0 Å². The van der Waals surface area contributed by atoms with Gasteiger partial charge in [-0.1, -0.05) is 53.7 Å². The zero-order chi connectivity index (χ0) is 27.6. The second-order valence-electron chi connectivity index (χ2n) is 12.9. The first kappa shape index (κ1) is 32.8. The van der Waals surface area contributed by atoms with Crippen molar-refractivity contribution in [2.45, 2.75) is 129 Å². The third-order valence-corrected chi connectivity index (χ3v) is 16.9. The SMILES string of the molecule is CC(C)(C)[Si](C)(C)OCC[C@@H]1CC/C=C/C(=O)O[C@H](CCO[Si](C)(C)C(C)(C)C)CC/C=C/C(=O)O1. The molecule has 208 valence electrons. The topological polar surface area (TPSA) is 71.1 Å². The van der Waals surface area contributed by atoms with Gasteiger partial charge in [0.25, 0.3) is 0 Å². The number of carbonyl (C=O) groups is 2. The van der Waals surface area contributed by atoms with E-state index in [0.29, 0.717) is 51.7 Å². The van der Waals surface area contributed by atoms with Gasteiger partial charge >= 0.3 is 11.9 Å². The second kappa shape index (κ2) is 14.1. The van der Waals surface area contributed by atoms with Gasteiger partial charge in [-0.05, 0) is 61.9 Å². The summed E-state index contributed by atoms with van der Waals surface area (Å²) in [4.78, 5) is 24.9. The number of esters is 2. The fourth-order valence-electron chi connectivity index (χ4n) is 3.18. The summed E-state index contributed by atoms with van der Waals surface area (Å²) < 4.78 is 24.0. The number of cyclic esters (lactones) is 2. The predicted octanol–water partition coefficient (Wildman–Crippen LogP) is 7.32. The molecule has 0 saturated carbocycles. The molecule has 0 unspecified atom stereocenters. The Balaban J connectivity index is 2.71. The molecule has 1 heterocycles. The van der Waals surface area contributed by atoms with Gasteiger partial charge in [-0.3, -0.25) is 0 Å². The number of hydrogen-bond acceptors (Lipinski definition) is 6. The molecule has 0 aliphatic carbocycles.